The predicted molar refractivity (Wildman–Crippen MR) is 131 cm³/mol. The summed E-state index contributed by atoms with van der Waals surface area (Å²) in [5, 5.41) is 0. The molecule has 180 valence electrons. The number of methoxy groups -OCH3 is 1. The van der Waals surface area contributed by atoms with Gasteiger partial charge in [0.15, 0.2) is 6.10 Å². The second kappa shape index (κ2) is 13.3. The fraction of sp³-hybridized carbons (Fsp3) is 0.321. The number of aryl methyl sites for hydroxylation is 1. The molecule has 3 aromatic carbocycles. The molecule has 6 nitrogen and oxygen atoms in total. The van der Waals surface area contributed by atoms with E-state index in [9.17, 15) is 4.79 Å². The third kappa shape index (κ3) is 7.81. The van der Waals surface area contributed by atoms with Crippen LogP contribution < -0.4 is 14.2 Å². The van der Waals surface area contributed by atoms with Crippen LogP contribution in [0, 0.1) is 6.92 Å². The summed E-state index contributed by atoms with van der Waals surface area (Å²) in [6, 6.07) is 23.1. The fourth-order valence-electron chi connectivity index (χ4n) is 3.37. The lowest BCUT2D eigenvalue weighted by molar-refractivity contribution is -0.154. The predicted octanol–water partition coefficient (Wildman–Crippen LogP) is 5.76. The zero-order valence-corrected chi connectivity index (χ0v) is 20.0. The van der Waals surface area contributed by atoms with Crippen molar-refractivity contribution in [1.29, 1.82) is 0 Å². The molecule has 3 aromatic rings. The minimum atomic E-state index is -0.609. The Bertz CT molecular complexity index is 1020. The van der Waals surface area contributed by atoms with Crippen LogP contribution in [0.1, 0.15) is 24.5 Å². The van der Waals surface area contributed by atoms with Gasteiger partial charge in [-0.25, -0.2) is 4.79 Å². The van der Waals surface area contributed by atoms with Gasteiger partial charge in [0, 0.05) is 20.0 Å². The third-order valence-corrected chi connectivity index (χ3v) is 5.11. The highest BCUT2D eigenvalue weighted by Crippen LogP contribution is 2.24. The molecule has 0 saturated carbocycles. The van der Waals surface area contributed by atoms with Gasteiger partial charge in [0.25, 0.3) is 0 Å². The molecule has 0 bridgehead atoms. The van der Waals surface area contributed by atoms with Crippen LogP contribution in [0.15, 0.2) is 72.8 Å². The SMILES string of the molecule is CCOC(=O)[C@H](Cc1ccc(OCCCOc2ccc(Oc3ccccc3)cc2)c(C)c1)OC. The summed E-state index contributed by atoms with van der Waals surface area (Å²) in [6.07, 6.45) is 0.597. The Hall–Kier alpha value is -3.51. The van der Waals surface area contributed by atoms with Crippen LogP contribution in [0.25, 0.3) is 0 Å². The Morgan fingerprint density at radius 1 is 0.853 bits per heavy atom. The lowest BCUT2D eigenvalue weighted by Gasteiger charge is -2.15. The molecular formula is C28H32O6. The van der Waals surface area contributed by atoms with Crippen molar-refractivity contribution in [2.45, 2.75) is 32.8 Å². The molecule has 0 spiro atoms. The third-order valence-electron chi connectivity index (χ3n) is 5.11. The number of esters is 1. The number of hydrogen-bond acceptors (Lipinski definition) is 6. The maximum absolute atomic E-state index is 11.9. The number of carbonyl (C=O) groups is 1. The Kier molecular flexibility index (Phi) is 9.80. The van der Waals surface area contributed by atoms with Gasteiger partial charge in [0.1, 0.15) is 23.0 Å². The summed E-state index contributed by atoms with van der Waals surface area (Å²) in [5.74, 6) is 2.82. The van der Waals surface area contributed by atoms with Crippen molar-refractivity contribution in [2.75, 3.05) is 26.9 Å². The highest BCUT2D eigenvalue weighted by atomic mass is 16.6. The van der Waals surface area contributed by atoms with E-state index in [1.54, 1.807) is 6.92 Å². The van der Waals surface area contributed by atoms with Gasteiger partial charge < -0.3 is 23.7 Å². The molecule has 0 saturated heterocycles. The van der Waals surface area contributed by atoms with Crippen molar-refractivity contribution < 1.29 is 28.5 Å². The molecule has 6 heteroatoms. The van der Waals surface area contributed by atoms with Crippen molar-refractivity contribution in [3.8, 4) is 23.0 Å². The second-order valence-electron chi connectivity index (χ2n) is 7.72. The molecule has 0 fully saturated rings. The van der Waals surface area contributed by atoms with Gasteiger partial charge in [-0.3, -0.25) is 0 Å². The van der Waals surface area contributed by atoms with E-state index in [0.717, 1.165) is 40.5 Å². The summed E-state index contributed by atoms with van der Waals surface area (Å²) < 4.78 is 27.8. The van der Waals surface area contributed by atoms with Crippen LogP contribution >= 0.6 is 0 Å². The molecule has 0 aromatic heterocycles. The van der Waals surface area contributed by atoms with E-state index in [-0.39, 0.29) is 5.97 Å². The van der Waals surface area contributed by atoms with Gasteiger partial charge in [0.05, 0.1) is 19.8 Å². The zero-order valence-electron chi connectivity index (χ0n) is 20.0. The molecule has 0 unspecified atom stereocenters. The highest BCUT2D eigenvalue weighted by Gasteiger charge is 2.19. The summed E-state index contributed by atoms with van der Waals surface area (Å²) in [5.41, 5.74) is 2.00. The Morgan fingerprint density at radius 3 is 2.21 bits per heavy atom. The monoisotopic (exact) mass is 464 g/mol. The van der Waals surface area contributed by atoms with Crippen LogP contribution in [0.5, 0.6) is 23.0 Å². The van der Waals surface area contributed by atoms with Crippen molar-refractivity contribution in [3.63, 3.8) is 0 Å². The first kappa shape index (κ1) is 25.1. The van der Waals surface area contributed by atoms with Crippen LogP contribution in [-0.2, 0) is 20.7 Å². The standard InChI is InChI=1S/C28H32O6/c1-4-31-28(29)27(30-3)20-22-11-16-26(21(2)19-22)33-18-8-17-32-23-12-14-25(15-13-23)34-24-9-6-5-7-10-24/h5-7,9-16,19,27H,4,8,17-18,20H2,1-3H3/t27-/m0/s1. The first-order chi connectivity index (χ1) is 16.6. The summed E-state index contributed by atoms with van der Waals surface area (Å²) in [4.78, 5) is 11.9. The molecule has 1 atom stereocenters. The summed E-state index contributed by atoms with van der Waals surface area (Å²) in [7, 11) is 1.51. The topological polar surface area (TPSA) is 63.2 Å². The lowest BCUT2D eigenvalue weighted by Crippen LogP contribution is -2.27. The van der Waals surface area contributed by atoms with Crippen molar-refractivity contribution in [2.24, 2.45) is 0 Å². The van der Waals surface area contributed by atoms with E-state index in [1.807, 2.05) is 79.7 Å². The van der Waals surface area contributed by atoms with Crippen LogP contribution in [0.2, 0.25) is 0 Å². The minimum Gasteiger partial charge on any atom is -0.493 e. The smallest absolute Gasteiger partial charge is 0.335 e. The summed E-state index contributed by atoms with van der Waals surface area (Å²) >= 11 is 0. The minimum absolute atomic E-state index is 0.336. The van der Waals surface area contributed by atoms with Crippen molar-refractivity contribution >= 4 is 5.97 Å². The molecule has 0 heterocycles. The maximum Gasteiger partial charge on any atom is 0.335 e. The van der Waals surface area contributed by atoms with E-state index in [4.69, 9.17) is 23.7 Å². The van der Waals surface area contributed by atoms with Gasteiger partial charge >= 0.3 is 5.97 Å². The number of rotatable bonds is 13. The first-order valence-corrected chi connectivity index (χ1v) is 11.5. The molecule has 0 aliphatic carbocycles. The van der Waals surface area contributed by atoms with Crippen LogP contribution in [0.3, 0.4) is 0 Å². The summed E-state index contributed by atoms with van der Waals surface area (Å²) in [6.45, 7) is 5.19. The quantitative estimate of drug-likeness (QED) is 0.237. The average Bonchev–Trinajstić information content (AvgIpc) is 2.85. The molecule has 0 aliphatic rings. The average molecular weight is 465 g/mol. The van der Waals surface area contributed by atoms with Crippen LogP contribution in [0.4, 0.5) is 0 Å². The second-order valence-corrected chi connectivity index (χ2v) is 7.72. The normalized spacial score (nSPS) is 11.5. The Labute approximate surface area is 201 Å². The number of benzene rings is 3. The van der Waals surface area contributed by atoms with Crippen molar-refractivity contribution in [1.82, 2.24) is 0 Å². The zero-order chi connectivity index (χ0) is 24.2. The van der Waals surface area contributed by atoms with E-state index < -0.39 is 6.10 Å². The molecule has 0 aliphatic heterocycles. The number of para-hydroxylation sites is 1. The van der Waals surface area contributed by atoms with E-state index in [1.165, 1.54) is 7.11 Å². The Morgan fingerprint density at radius 2 is 1.53 bits per heavy atom. The van der Waals surface area contributed by atoms with Crippen molar-refractivity contribution in [3.05, 3.63) is 83.9 Å². The number of hydrogen-bond donors (Lipinski definition) is 0. The first-order valence-electron chi connectivity index (χ1n) is 11.5. The van der Waals surface area contributed by atoms with E-state index in [2.05, 4.69) is 0 Å². The molecule has 0 amide bonds. The van der Waals surface area contributed by atoms with Gasteiger partial charge in [-0.15, -0.1) is 0 Å². The number of carbonyl (C=O) groups excluding carboxylic acids is 1. The van der Waals surface area contributed by atoms with E-state index >= 15 is 0 Å². The maximum atomic E-state index is 11.9. The van der Waals surface area contributed by atoms with Gasteiger partial charge in [-0.1, -0.05) is 30.3 Å². The molecule has 34 heavy (non-hydrogen) atoms. The van der Waals surface area contributed by atoms with Gasteiger partial charge in [0.2, 0.25) is 0 Å². The lowest BCUT2D eigenvalue weighted by atomic mass is 10.0. The Balaban J connectivity index is 1.39. The molecular weight excluding hydrogens is 432 g/mol. The molecule has 3 rings (SSSR count). The largest absolute Gasteiger partial charge is 0.493 e. The van der Waals surface area contributed by atoms with Gasteiger partial charge in [-0.05, 0) is 67.4 Å². The fourth-order valence-corrected chi connectivity index (χ4v) is 3.37. The van der Waals surface area contributed by atoms with Gasteiger partial charge in [-0.2, -0.15) is 0 Å². The molecule has 0 radical (unpaired) electrons. The number of ether oxygens (including phenoxy) is 5. The molecule has 0 N–H and O–H groups in total. The van der Waals surface area contributed by atoms with E-state index in [0.29, 0.717) is 26.2 Å². The van der Waals surface area contributed by atoms with Crippen LogP contribution in [-0.4, -0.2) is 39.0 Å². The highest BCUT2D eigenvalue weighted by molar-refractivity contribution is 5.75.